The normalized spacial score (nSPS) is 10.8. The van der Waals surface area contributed by atoms with Crippen molar-refractivity contribution in [3.05, 3.63) is 76.3 Å². The number of hydrogen-bond acceptors (Lipinski definition) is 3. The zero-order chi connectivity index (χ0) is 15.4. The highest BCUT2D eigenvalue weighted by atomic mass is 79.9. The van der Waals surface area contributed by atoms with E-state index in [9.17, 15) is 0 Å². The second-order valence-electron chi connectivity index (χ2n) is 5.07. The Morgan fingerprint density at radius 1 is 1.00 bits per heavy atom. The molecule has 1 heterocycles. The van der Waals surface area contributed by atoms with Crippen LogP contribution in [0, 0.1) is 6.92 Å². The summed E-state index contributed by atoms with van der Waals surface area (Å²) < 4.78 is 11.9. The van der Waals surface area contributed by atoms with Crippen molar-refractivity contribution < 1.29 is 9.15 Å². The average Bonchev–Trinajstić information content (AvgIpc) is 2.90. The predicted molar refractivity (Wildman–Crippen MR) is 89.3 cm³/mol. The van der Waals surface area contributed by atoms with E-state index >= 15 is 0 Å². The number of rotatable bonds is 5. The summed E-state index contributed by atoms with van der Waals surface area (Å²) in [6.07, 6.45) is 0. The van der Waals surface area contributed by atoms with E-state index in [0.717, 1.165) is 16.8 Å². The van der Waals surface area contributed by atoms with Crippen LogP contribution in [0.1, 0.15) is 17.0 Å². The summed E-state index contributed by atoms with van der Waals surface area (Å²) in [5.41, 5.74) is 4.18. The Morgan fingerprint density at radius 3 is 2.45 bits per heavy atom. The molecule has 2 aromatic carbocycles. The van der Waals surface area contributed by atoms with Crippen LogP contribution in [-0.2, 0) is 18.0 Å². The van der Waals surface area contributed by atoms with Crippen LogP contribution in [0.25, 0.3) is 11.3 Å². The third kappa shape index (κ3) is 3.64. The van der Waals surface area contributed by atoms with Gasteiger partial charge in [0.15, 0.2) is 4.67 Å². The van der Waals surface area contributed by atoms with Gasteiger partial charge in [0, 0.05) is 5.56 Å². The molecule has 0 N–H and O–H groups in total. The van der Waals surface area contributed by atoms with Gasteiger partial charge in [-0.2, -0.15) is 0 Å². The van der Waals surface area contributed by atoms with E-state index in [1.54, 1.807) is 0 Å². The summed E-state index contributed by atoms with van der Waals surface area (Å²) >= 11 is 3.42. The van der Waals surface area contributed by atoms with Gasteiger partial charge in [-0.3, -0.25) is 0 Å². The molecule has 0 aliphatic rings. The highest BCUT2D eigenvalue weighted by Crippen LogP contribution is 2.29. The van der Waals surface area contributed by atoms with Crippen molar-refractivity contribution in [1.82, 2.24) is 4.98 Å². The Labute approximate surface area is 138 Å². The summed E-state index contributed by atoms with van der Waals surface area (Å²) in [4.78, 5) is 4.50. The monoisotopic (exact) mass is 357 g/mol. The molecule has 3 aromatic rings. The van der Waals surface area contributed by atoms with Crippen LogP contribution < -0.4 is 0 Å². The van der Waals surface area contributed by atoms with Crippen molar-refractivity contribution in [2.75, 3.05) is 0 Å². The molecule has 0 unspecified atom stereocenters. The van der Waals surface area contributed by atoms with Crippen molar-refractivity contribution in [2.45, 2.75) is 20.1 Å². The molecule has 0 fully saturated rings. The Morgan fingerprint density at radius 2 is 1.73 bits per heavy atom. The second-order valence-corrected chi connectivity index (χ2v) is 5.79. The third-order valence-corrected chi connectivity index (χ3v) is 3.83. The van der Waals surface area contributed by atoms with Crippen LogP contribution >= 0.6 is 15.9 Å². The van der Waals surface area contributed by atoms with Crippen LogP contribution in [-0.4, -0.2) is 4.98 Å². The topological polar surface area (TPSA) is 35.3 Å². The van der Waals surface area contributed by atoms with Gasteiger partial charge in [-0.25, -0.2) is 4.98 Å². The first-order chi connectivity index (χ1) is 10.7. The number of hydrogen-bond donors (Lipinski definition) is 0. The van der Waals surface area contributed by atoms with E-state index in [-0.39, 0.29) is 0 Å². The maximum atomic E-state index is 5.65. The second kappa shape index (κ2) is 6.90. The number of ether oxygens (including phenoxy) is 1. The van der Waals surface area contributed by atoms with Gasteiger partial charge in [0.25, 0.3) is 0 Å². The molecule has 0 aliphatic carbocycles. The Bertz CT molecular complexity index is 736. The van der Waals surface area contributed by atoms with Crippen LogP contribution in [0.15, 0.2) is 63.7 Å². The van der Waals surface area contributed by atoms with Crippen molar-refractivity contribution in [3.8, 4) is 11.3 Å². The van der Waals surface area contributed by atoms with Crippen LogP contribution in [0.4, 0.5) is 0 Å². The minimum absolute atomic E-state index is 0.347. The molecule has 0 saturated carbocycles. The number of halogens is 1. The van der Waals surface area contributed by atoms with Crippen molar-refractivity contribution in [2.24, 2.45) is 0 Å². The zero-order valence-corrected chi connectivity index (χ0v) is 13.8. The summed E-state index contributed by atoms with van der Waals surface area (Å²) in [5.74, 6) is 0.568. The van der Waals surface area contributed by atoms with Crippen molar-refractivity contribution >= 4 is 15.9 Å². The van der Waals surface area contributed by atoms with E-state index in [2.05, 4.69) is 40.0 Å². The Kier molecular flexibility index (Phi) is 4.71. The first kappa shape index (κ1) is 15.0. The first-order valence-electron chi connectivity index (χ1n) is 7.06. The lowest BCUT2D eigenvalue weighted by Crippen LogP contribution is -1.94. The largest absolute Gasteiger partial charge is 0.431 e. The van der Waals surface area contributed by atoms with Gasteiger partial charge in [0.2, 0.25) is 5.89 Å². The molecule has 1 aromatic heterocycles. The molecular formula is C18H16BrNO2. The molecule has 0 spiro atoms. The molecule has 0 amide bonds. The summed E-state index contributed by atoms with van der Waals surface area (Å²) in [6.45, 7) is 2.95. The quantitative estimate of drug-likeness (QED) is 0.634. The summed E-state index contributed by atoms with van der Waals surface area (Å²) in [7, 11) is 0. The molecule has 112 valence electrons. The number of aromatic nitrogens is 1. The maximum absolute atomic E-state index is 5.65. The zero-order valence-electron chi connectivity index (χ0n) is 12.3. The van der Waals surface area contributed by atoms with Crippen LogP contribution in [0.2, 0.25) is 0 Å². The molecular weight excluding hydrogens is 342 g/mol. The number of benzene rings is 2. The van der Waals surface area contributed by atoms with E-state index in [0.29, 0.717) is 23.8 Å². The standard InChI is InChI=1S/C18H16BrNO2/c1-13-7-9-15(10-8-13)17-18(19)22-16(20-17)12-21-11-14-5-3-2-4-6-14/h2-10H,11-12H2,1H3. The highest BCUT2D eigenvalue weighted by Gasteiger charge is 2.12. The fourth-order valence-electron chi connectivity index (χ4n) is 2.12. The lowest BCUT2D eigenvalue weighted by atomic mass is 10.1. The molecule has 4 heteroatoms. The molecule has 0 saturated heterocycles. The molecule has 0 aliphatic heterocycles. The summed E-state index contributed by atoms with van der Waals surface area (Å²) in [6, 6.07) is 18.2. The lowest BCUT2D eigenvalue weighted by molar-refractivity contribution is 0.0889. The van der Waals surface area contributed by atoms with E-state index in [1.165, 1.54) is 5.56 Å². The van der Waals surface area contributed by atoms with Crippen LogP contribution in [0.5, 0.6) is 0 Å². The fourth-order valence-corrected chi connectivity index (χ4v) is 2.63. The van der Waals surface area contributed by atoms with Gasteiger partial charge < -0.3 is 9.15 Å². The van der Waals surface area contributed by atoms with Crippen molar-refractivity contribution in [1.29, 1.82) is 0 Å². The minimum atomic E-state index is 0.347. The fraction of sp³-hybridized carbons (Fsp3) is 0.167. The predicted octanol–water partition coefficient (Wildman–Crippen LogP) is 5.13. The Balaban J connectivity index is 1.66. The van der Waals surface area contributed by atoms with E-state index < -0.39 is 0 Å². The SMILES string of the molecule is Cc1ccc(-c2nc(COCc3ccccc3)oc2Br)cc1. The molecule has 3 rings (SSSR count). The van der Waals surface area contributed by atoms with Gasteiger partial charge in [-0.15, -0.1) is 0 Å². The number of nitrogens with zero attached hydrogens (tertiary/aromatic N) is 1. The van der Waals surface area contributed by atoms with Gasteiger partial charge in [0.1, 0.15) is 12.3 Å². The van der Waals surface area contributed by atoms with Crippen molar-refractivity contribution in [3.63, 3.8) is 0 Å². The van der Waals surface area contributed by atoms with Gasteiger partial charge in [-0.1, -0.05) is 60.2 Å². The molecule has 0 bridgehead atoms. The summed E-state index contributed by atoms with van der Waals surface area (Å²) in [5, 5.41) is 0. The van der Waals surface area contributed by atoms with Gasteiger partial charge in [-0.05, 0) is 28.4 Å². The van der Waals surface area contributed by atoms with E-state index in [4.69, 9.17) is 9.15 Å². The van der Waals surface area contributed by atoms with Gasteiger partial charge in [0.05, 0.1) is 6.61 Å². The number of oxazole rings is 1. The Hall–Kier alpha value is -1.91. The average molecular weight is 358 g/mol. The maximum Gasteiger partial charge on any atom is 0.222 e. The first-order valence-corrected chi connectivity index (χ1v) is 7.85. The smallest absolute Gasteiger partial charge is 0.222 e. The van der Waals surface area contributed by atoms with E-state index in [1.807, 2.05) is 42.5 Å². The van der Waals surface area contributed by atoms with Crippen LogP contribution in [0.3, 0.4) is 0 Å². The molecule has 3 nitrogen and oxygen atoms in total. The highest BCUT2D eigenvalue weighted by molar-refractivity contribution is 9.10. The lowest BCUT2D eigenvalue weighted by Gasteiger charge is -2.01. The molecule has 0 radical (unpaired) electrons. The number of aryl methyl sites for hydroxylation is 1. The third-order valence-electron chi connectivity index (χ3n) is 3.29. The molecule has 22 heavy (non-hydrogen) atoms. The molecule has 0 atom stereocenters. The van der Waals surface area contributed by atoms with Gasteiger partial charge >= 0.3 is 0 Å². The minimum Gasteiger partial charge on any atom is -0.431 e.